The van der Waals surface area contributed by atoms with Crippen molar-refractivity contribution in [3.8, 4) is 0 Å². The SMILES string of the molecule is O=C(NCc1cccc(Br)c1)C1CCN(c2nnc(N3CCCC3=O)s2)CC1. The van der Waals surface area contributed by atoms with Crippen LogP contribution in [0.15, 0.2) is 28.7 Å². The Labute approximate surface area is 176 Å². The number of piperidine rings is 1. The Morgan fingerprint density at radius 2 is 2.00 bits per heavy atom. The molecule has 9 heteroatoms. The second-order valence-corrected chi connectivity index (χ2v) is 8.98. The third kappa shape index (κ3) is 4.35. The van der Waals surface area contributed by atoms with E-state index < -0.39 is 0 Å². The van der Waals surface area contributed by atoms with Gasteiger partial charge >= 0.3 is 0 Å². The number of nitrogens with one attached hydrogen (secondary N) is 1. The molecule has 3 heterocycles. The van der Waals surface area contributed by atoms with E-state index in [1.807, 2.05) is 24.3 Å². The molecule has 148 valence electrons. The summed E-state index contributed by atoms with van der Waals surface area (Å²) >= 11 is 4.91. The third-order valence-electron chi connectivity index (χ3n) is 5.20. The van der Waals surface area contributed by atoms with E-state index >= 15 is 0 Å². The van der Waals surface area contributed by atoms with Crippen LogP contribution in [-0.4, -0.2) is 41.6 Å². The highest BCUT2D eigenvalue weighted by Crippen LogP contribution is 2.32. The van der Waals surface area contributed by atoms with Crippen LogP contribution >= 0.6 is 27.3 Å². The number of rotatable bonds is 5. The highest BCUT2D eigenvalue weighted by molar-refractivity contribution is 9.10. The number of carbonyl (C=O) groups excluding carboxylic acids is 2. The molecule has 2 aliphatic heterocycles. The summed E-state index contributed by atoms with van der Waals surface area (Å²) in [5.74, 6) is 0.264. The molecule has 0 atom stereocenters. The van der Waals surface area contributed by atoms with Crippen molar-refractivity contribution in [1.29, 1.82) is 0 Å². The first-order valence-corrected chi connectivity index (χ1v) is 11.1. The zero-order chi connectivity index (χ0) is 19.5. The lowest BCUT2D eigenvalue weighted by atomic mass is 9.96. The van der Waals surface area contributed by atoms with Crippen molar-refractivity contribution in [2.24, 2.45) is 5.92 Å². The molecule has 0 saturated carbocycles. The van der Waals surface area contributed by atoms with E-state index in [-0.39, 0.29) is 17.7 Å². The molecule has 0 radical (unpaired) electrons. The minimum atomic E-state index is 0.0240. The second kappa shape index (κ2) is 8.57. The smallest absolute Gasteiger partial charge is 0.228 e. The van der Waals surface area contributed by atoms with Gasteiger partial charge in [0.05, 0.1) is 0 Å². The molecule has 0 spiro atoms. The quantitative estimate of drug-likeness (QED) is 0.737. The summed E-state index contributed by atoms with van der Waals surface area (Å²) in [5, 5.41) is 13.0. The van der Waals surface area contributed by atoms with Crippen molar-refractivity contribution >= 4 is 49.3 Å². The Bertz CT molecular complexity index is 866. The molecule has 2 saturated heterocycles. The molecular weight excluding hydrogens is 442 g/mol. The fourth-order valence-corrected chi connectivity index (χ4v) is 5.00. The molecule has 1 aromatic heterocycles. The van der Waals surface area contributed by atoms with Gasteiger partial charge in [-0.3, -0.25) is 14.5 Å². The van der Waals surface area contributed by atoms with Crippen LogP contribution in [0.3, 0.4) is 0 Å². The molecule has 28 heavy (non-hydrogen) atoms. The van der Waals surface area contributed by atoms with E-state index in [4.69, 9.17) is 0 Å². The Kier molecular flexibility index (Phi) is 5.91. The predicted molar refractivity (Wildman–Crippen MR) is 112 cm³/mol. The lowest BCUT2D eigenvalue weighted by Gasteiger charge is -2.30. The van der Waals surface area contributed by atoms with Gasteiger partial charge in [-0.1, -0.05) is 39.4 Å². The molecule has 2 aliphatic rings. The second-order valence-electron chi connectivity index (χ2n) is 7.13. The van der Waals surface area contributed by atoms with Crippen LogP contribution < -0.4 is 15.1 Å². The maximum Gasteiger partial charge on any atom is 0.228 e. The number of anilines is 2. The van der Waals surface area contributed by atoms with Crippen molar-refractivity contribution in [3.63, 3.8) is 0 Å². The third-order valence-corrected chi connectivity index (χ3v) is 6.70. The number of halogens is 1. The van der Waals surface area contributed by atoms with Crippen LogP contribution in [0.25, 0.3) is 0 Å². The zero-order valence-electron chi connectivity index (χ0n) is 15.4. The van der Waals surface area contributed by atoms with E-state index in [2.05, 4.69) is 36.3 Å². The number of aromatic nitrogens is 2. The van der Waals surface area contributed by atoms with E-state index in [1.54, 1.807) is 4.90 Å². The summed E-state index contributed by atoms with van der Waals surface area (Å²) in [5.41, 5.74) is 1.08. The van der Waals surface area contributed by atoms with Crippen LogP contribution in [0, 0.1) is 5.92 Å². The van der Waals surface area contributed by atoms with Crippen LogP contribution in [0.4, 0.5) is 10.3 Å². The van der Waals surface area contributed by atoms with Crippen LogP contribution in [0.5, 0.6) is 0 Å². The largest absolute Gasteiger partial charge is 0.352 e. The first-order valence-electron chi connectivity index (χ1n) is 9.51. The molecule has 1 N–H and O–H groups in total. The Balaban J connectivity index is 1.28. The molecule has 2 fully saturated rings. The Hall–Kier alpha value is -2.00. The summed E-state index contributed by atoms with van der Waals surface area (Å²) in [7, 11) is 0. The molecular formula is C19H22BrN5O2S. The molecule has 1 aromatic carbocycles. The van der Waals surface area contributed by atoms with E-state index in [9.17, 15) is 9.59 Å². The van der Waals surface area contributed by atoms with Gasteiger partial charge in [-0.05, 0) is 37.0 Å². The average molecular weight is 464 g/mol. The molecule has 0 unspecified atom stereocenters. The van der Waals surface area contributed by atoms with Gasteiger partial charge in [-0.25, -0.2) is 0 Å². The van der Waals surface area contributed by atoms with E-state index in [0.29, 0.717) is 18.1 Å². The number of nitrogens with zero attached hydrogens (tertiary/aromatic N) is 4. The summed E-state index contributed by atoms with van der Waals surface area (Å²) < 4.78 is 1.01. The molecule has 0 aliphatic carbocycles. The van der Waals surface area contributed by atoms with Gasteiger partial charge in [0.15, 0.2) is 0 Å². The van der Waals surface area contributed by atoms with Gasteiger partial charge in [0.25, 0.3) is 0 Å². The van der Waals surface area contributed by atoms with Crippen molar-refractivity contribution in [2.45, 2.75) is 32.2 Å². The van der Waals surface area contributed by atoms with Crippen molar-refractivity contribution in [2.75, 3.05) is 29.4 Å². The highest BCUT2D eigenvalue weighted by atomic mass is 79.9. The monoisotopic (exact) mass is 463 g/mol. The number of benzene rings is 1. The van der Waals surface area contributed by atoms with Crippen LogP contribution in [0.2, 0.25) is 0 Å². The van der Waals surface area contributed by atoms with Gasteiger partial charge in [-0.2, -0.15) is 0 Å². The average Bonchev–Trinajstić information content (AvgIpc) is 3.35. The molecule has 7 nitrogen and oxygen atoms in total. The normalized spacial score (nSPS) is 18.0. The van der Waals surface area contributed by atoms with E-state index in [1.165, 1.54) is 11.3 Å². The summed E-state index contributed by atoms with van der Waals surface area (Å²) in [6, 6.07) is 7.96. The number of hydrogen-bond donors (Lipinski definition) is 1. The van der Waals surface area contributed by atoms with Crippen LogP contribution in [0.1, 0.15) is 31.2 Å². The topological polar surface area (TPSA) is 78.4 Å². The zero-order valence-corrected chi connectivity index (χ0v) is 17.8. The van der Waals surface area contributed by atoms with Crippen molar-refractivity contribution in [3.05, 3.63) is 34.3 Å². The number of amides is 2. The van der Waals surface area contributed by atoms with Gasteiger partial charge < -0.3 is 10.2 Å². The van der Waals surface area contributed by atoms with E-state index in [0.717, 1.165) is 54.1 Å². The summed E-state index contributed by atoms with van der Waals surface area (Å²) in [6.45, 7) is 2.82. The maximum absolute atomic E-state index is 12.5. The predicted octanol–water partition coefficient (Wildman–Crippen LogP) is 2.96. The number of carbonyl (C=O) groups is 2. The van der Waals surface area contributed by atoms with Crippen molar-refractivity contribution < 1.29 is 9.59 Å². The Morgan fingerprint density at radius 3 is 2.71 bits per heavy atom. The number of hydrogen-bond acceptors (Lipinski definition) is 6. The van der Waals surface area contributed by atoms with Gasteiger partial charge in [0.1, 0.15) is 0 Å². The minimum absolute atomic E-state index is 0.0240. The molecule has 4 rings (SSSR count). The lowest BCUT2D eigenvalue weighted by Crippen LogP contribution is -2.40. The molecule has 2 aromatic rings. The summed E-state index contributed by atoms with van der Waals surface area (Å²) in [6.07, 6.45) is 3.06. The Morgan fingerprint density at radius 1 is 1.21 bits per heavy atom. The first kappa shape index (κ1) is 19.3. The van der Waals surface area contributed by atoms with Gasteiger partial charge in [0.2, 0.25) is 22.1 Å². The van der Waals surface area contributed by atoms with Gasteiger partial charge in [-0.15, -0.1) is 10.2 Å². The van der Waals surface area contributed by atoms with Crippen LogP contribution in [-0.2, 0) is 16.1 Å². The summed E-state index contributed by atoms with van der Waals surface area (Å²) in [4.78, 5) is 28.3. The maximum atomic E-state index is 12.5. The molecule has 2 amide bonds. The highest BCUT2D eigenvalue weighted by Gasteiger charge is 2.29. The lowest BCUT2D eigenvalue weighted by molar-refractivity contribution is -0.125. The molecule has 0 bridgehead atoms. The minimum Gasteiger partial charge on any atom is -0.352 e. The standard InChI is InChI=1S/C19H22BrN5O2S/c20-15-4-1-3-13(11-15)12-21-17(27)14-6-9-24(10-7-14)18-22-23-19(28-18)25-8-2-5-16(25)26/h1,3-4,11,14H,2,5-10,12H2,(H,21,27). The van der Waals surface area contributed by atoms with Crippen molar-refractivity contribution in [1.82, 2.24) is 15.5 Å². The first-order chi connectivity index (χ1) is 13.6. The van der Waals surface area contributed by atoms with Gasteiger partial charge in [0, 0.05) is 43.0 Å². The fraction of sp³-hybridized carbons (Fsp3) is 0.474. The fourth-order valence-electron chi connectivity index (χ4n) is 3.61.